The highest BCUT2D eigenvalue weighted by molar-refractivity contribution is 7.17. The molecule has 0 aromatic carbocycles. The molecular formula is C12H20N2O3S. The first-order chi connectivity index (χ1) is 8.63. The lowest BCUT2D eigenvalue weighted by molar-refractivity contribution is 0.112. The Morgan fingerprint density at radius 2 is 2.11 bits per heavy atom. The molecule has 0 spiro atoms. The number of carbonyl (C=O) groups excluding carboxylic acids is 1. The maximum atomic E-state index is 11.0. The Bertz CT molecular complexity index is 379. The zero-order valence-electron chi connectivity index (χ0n) is 11.3. The molecule has 102 valence electrons. The number of hydrogen-bond donors (Lipinski definition) is 0. The smallest absolute Gasteiger partial charge is 0.186 e. The number of ether oxygens (including phenoxy) is 2. The van der Waals surface area contributed by atoms with Crippen LogP contribution in [-0.2, 0) is 16.1 Å². The normalized spacial score (nSPS) is 10.9. The van der Waals surface area contributed by atoms with Crippen molar-refractivity contribution in [1.29, 1.82) is 0 Å². The van der Waals surface area contributed by atoms with Gasteiger partial charge in [-0.3, -0.25) is 4.79 Å². The van der Waals surface area contributed by atoms with Crippen LogP contribution in [0.15, 0.2) is 0 Å². The van der Waals surface area contributed by atoms with Gasteiger partial charge in [0.15, 0.2) is 11.4 Å². The summed E-state index contributed by atoms with van der Waals surface area (Å²) in [6.45, 7) is 5.93. The molecule has 0 atom stereocenters. The summed E-state index contributed by atoms with van der Waals surface area (Å²) in [5, 5.41) is 0.844. The number of anilines is 1. The topological polar surface area (TPSA) is 51.7 Å². The molecule has 0 fully saturated rings. The van der Waals surface area contributed by atoms with E-state index in [9.17, 15) is 4.79 Å². The highest BCUT2D eigenvalue weighted by Crippen LogP contribution is 2.27. The predicted octanol–water partition coefficient (Wildman–Crippen LogP) is 1.96. The number of aldehydes is 1. The summed E-state index contributed by atoms with van der Waals surface area (Å²) < 4.78 is 10.1. The summed E-state index contributed by atoms with van der Waals surface area (Å²) in [6, 6.07) is 0.307. The minimum absolute atomic E-state index is 0.307. The van der Waals surface area contributed by atoms with Crippen LogP contribution in [0.3, 0.4) is 0 Å². The monoisotopic (exact) mass is 272 g/mol. The zero-order chi connectivity index (χ0) is 13.5. The van der Waals surface area contributed by atoms with E-state index in [1.807, 2.05) is 0 Å². The summed E-state index contributed by atoms with van der Waals surface area (Å²) in [7, 11) is 3.27. The van der Waals surface area contributed by atoms with Gasteiger partial charge in [-0.15, -0.1) is 0 Å². The zero-order valence-corrected chi connectivity index (χ0v) is 12.1. The molecule has 1 rings (SSSR count). The Labute approximate surface area is 112 Å². The van der Waals surface area contributed by atoms with Crippen molar-refractivity contribution in [3.05, 3.63) is 10.6 Å². The van der Waals surface area contributed by atoms with Gasteiger partial charge in [0.25, 0.3) is 0 Å². The second-order valence-corrected chi connectivity index (χ2v) is 5.15. The van der Waals surface area contributed by atoms with Crippen LogP contribution in [0.4, 0.5) is 5.13 Å². The van der Waals surface area contributed by atoms with E-state index in [2.05, 4.69) is 23.7 Å². The molecule has 0 N–H and O–H groups in total. The van der Waals surface area contributed by atoms with Gasteiger partial charge in [-0.2, -0.15) is 0 Å². The fourth-order valence-electron chi connectivity index (χ4n) is 1.57. The minimum atomic E-state index is 0.307. The molecular weight excluding hydrogens is 252 g/mol. The molecule has 1 aromatic heterocycles. The van der Waals surface area contributed by atoms with E-state index in [-0.39, 0.29) is 0 Å². The summed E-state index contributed by atoms with van der Waals surface area (Å²) >= 11 is 1.40. The average molecular weight is 272 g/mol. The Balaban J connectivity index is 2.93. The molecule has 18 heavy (non-hydrogen) atoms. The first kappa shape index (κ1) is 15.1. The third-order valence-electron chi connectivity index (χ3n) is 2.51. The largest absolute Gasteiger partial charge is 0.383 e. The number of rotatable bonds is 8. The number of carbonyl (C=O) groups is 1. The molecule has 0 saturated carbocycles. The first-order valence-corrected chi connectivity index (χ1v) is 6.65. The number of aromatic nitrogens is 1. The average Bonchev–Trinajstić information content (AvgIpc) is 2.73. The van der Waals surface area contributed by atoms with Crippen LogP contribution in [0.2, 0.25) is 0 Å². The summed E-state index contributed by atoms with van der Waals surface area (Å²) in [5.41, 5.74) is 0.704. The number of methoxy groups -OCH3 is 2. The Morgan fingerprint density at radius 1 is 1.39 bits per heavy atom. The molecule has 0 unspecified atom stereocenters. The molecule has 0 aliphatic heterocycles. The van der Waals surface area contributed by atoms with Crippen LogP contribution in [0.5, 0.6) is 0 Å². The fourth-order valence-corrected chi connectivity index (χ4v) is 2.61. The molecule has 6 heteroatoms. The van der Waals surface area contributed by atoms with Gasteiger partial charge in [0, 0.05) is 26.8 Å². The Morgan fingerprint density at radius 3 is 2.61 bits per heavy atom. The lowest BCUT2D eigenvalue weighted by atomic mass is 10.3. The Kier molecular flexibility index (Phi) is 6.24. The van der Waals surface area contributed by atoms with Crippen molar-refractivity contribution in [3.63, 3.8) is 0 Å². The van der Waals surface area contributed by atoms with Crippen molar-refractivity contribution in [2.45, 2.75) is 26.5 Å². The highest BCUT2D eigenvalue weighted by atomic mass is 32.1. The molecule has 0 saturated heterocycles. The van der Waals surface area contributed by atoms with E-state index in [0.717, 1.165) is 18.0 Å². The van der Waals surface area contributed by atoms with Gasteiger partial charge in [0.05, 0.1) is 23.8 Å². The molecule has 0 radical (unpaired) electrons. The van der Waals surface area contributed by atoms with Crippen molar-refractivity contribution in [3.8, 4) is 0 Å². The first-order valence-electron chi connectivity index (χ1n) is 5.83. The molecule has 0 amide bonds. The van der Waals surface area contributed by atoms with Gasteiger partial charge in [-0.1, -0.05) is 11.3 Å². The van der Waals surface area contributed by atoms with Gasteiger partial charge >= 0.3 is 0 Å². The number of thiazole rings is 1. The van der Waals surface area contributed by atoms with E-state index in [1.165, 1.54) is 11.3 Å². The summed E-state index contributed by atoms with van der Waals surface area (Å²) in [6.07, 6.45) is 0.838. The molecule has 1 aromatic rings. The van der Waals surface area contributed by atoms with Gasteiger partial charge < -0.3 is 14.4 Å². The van der Waals surface area contributed by atoms with Crippen LogP contribution in [0, 0.1) is 0 Å². The number of hydrogen-bond acceptors (Lipinski definition) is 6. The molecule has 1 heterocycles. The van der Waals surface area contributed by atoms with Crippen molar-refractivity contribution in [2.75, 3.05) is 32.3 Å². The standard InChI is InChI=1S/C12H20N2O3S/c1-9(2)14(5-6-16-3)12-13-10(8-17-4)11(7-15)18-12/h7,9H,5-6,8H2,1-4H3. The highest BCUT2D eigenvalue weighted by Gasteiger charge is 2.18. The third kappa shape index (κ3) is 3.76. The quantitative estimate of drug-likeness (QED) is 0.677. The number of nitrogens with zero attached hydrogens (tertiary/aromatic N) is 2. The maximum Gasteiger partial charge on any atom is 0.186 e. The van der Waals surface area contributed by atoms with Crippen molar-refractivity contribution >= 4 is 22.8 Å². The summed E-state index contributed by atoms with van der Waals surface area (Å²) in [5.74, 6) is 0. The van der Waals surface area contributed by atoms with Crippen molar-refractivity contribution in [2.24, 2.45) is 0 Å². The predicted molar refractivity (Wildman–Crippen MR) is 72.6 cm³/mol. The molecule has 0 aliphatic carbocycles. The molecule has 0 aliphatic rings. The van der Waals surface area contributed by atoms with E-state index in [0.29, 0.717) is 29.8 Å². The lowest BCUT2D eigenvalue weighted by Gasteiger charge is -2.25. The second-order valence-electron chi connectivity index (χ2n) is 4.14. The van der Waals surface area contributed by atoms with Crippen LogP contribution >= 0.6 is 11.3 Å². The van der Waals surface area contributed by atoms with E-state index >= 15 is 0 Å². The van der Waals surface area contributed by atoms with Crippen molar-refractivity contribution < 1.29 is 14.3 Å². The molecule has 5 nitrogen and oxygen atoms in total. The molecule has 0 bridgehead atoms. The van der Waals surface area contributed by atoms with Crippen molar-refractivity contribution in [1.82, 2.24) is 4.98 Å². The lowest BCUT2D eigenvalue weighted by Crippen LogP contribution is -2.33. The van der Waals surface area contributed by atoms with Gasteiger partial charge in [-0.05, 0) is 13.8 Å². The van der Waals surface area contributed by atoms with Crippen LogP contribution in [-0.4, -0.2) is 44.7 Å². The fraction of sp³-hybridized carbons (Fsp3) is 0.667. The minimum Gasteiger partial charge on any atom is -0.383 e. The van der Waals surface area contributed by atoms with Gasteiger partial charge in [0.1, 0.15) is 0 Å². The maximum absolute atomic E-state index is 11.0. The second kappa shape index (κ2) is 7.45. The van der Waals surface area contributed by atoms with Gasteiger partial charge in [-0.25, -0.2) is 4.98 Å². The Hall–Kier alpha value is -0.980. The van der Waals surface area contributed by atoms with E-state index in [1.54, 1.807) is 14.2 Å². The van der Waals surface area contributed by atoms with Gasteiger partial charge in [0.2, 0.25) is 0 Å². The summed E-state index contributed by atoms with van der Waals surface area (Å²) in [4.78, 5) is 18.2. The van der Waals surface area contributed by atoms with E-state index < -0.39 is 0 Å². The SMILES string of the molecule is COCCN(c1nc(COC)c(C=O)s1)C(C)C. The van der Waals surface area contributed by atoms with Crippen LogP contribution < -0.4 is 4.90 Å². The van der Waals surface area contributed by atoms with Crippen LogP contribution in [0.25, 0.3) is 0 Å². The van der Waals surface area contributed by atoms with Crippen LogP contribution in [0.1, 0.15) is 29.2 Å². The van der Waals surface area contributed by atoms with E-state index in [4.69, 9.17) is 9.47 Å². The third-order valence-corrected chi connectivity index (χ3v) is 3.57.